The minimum absolute atomic E-state index is 0.184. The van der Waals surface area contributed by atoms with Gasteiger partial charge in [-0.3, -0.25) is 0 Å². The summed E-state index contributed by atoms with van der Waals surface area (Å²) in [6.07, 6.45) is 0. The van der Waals surface area contributed by atoms with E-state index in [2.05, 4.69) is 4.90 Å². The highest BCUT2D eigenvalue weighted by molar-refractivity contribution is 7.89. The van der Waals surface area contributed by atoms with E-state index in [4.69, 9.17) is 0 Å². The number of aryl methyl sites for hydroxylation is 1. The zero-order valence-electron chi connectivity index (χ0n) is 14.2. The second-order valence-corrected chi connectivity index (χ2v) is 8.04. The highest BCUT2D eigenvalue weighted by atomic mass is 32.2. The number of nitrogens with zero attached hydrogens (tertiary/aromatic N) is 2. The van der Waals surface area contributed by atoms with E-state index in [9.17, 15) is 17.2 Å². The number of hydrogen-bond donors (Lipinski definition) is 0. The minimum Gasteiger partial charge on any atom is -0.369 e. The van der Waals surface area contributed by atoms with Crippen molar-refractivity contribution in [3.63, 3.8) is 0 Å². The Morgan fingerprint density at radius 1 is 0.880 bits per heavy atom. The van der Waals surface area contributed by atoms with Crippen LogP contribution in [-0.4, -0.2) is 38.9 Å². The molecule has 0 aliphatic carbocycles. The molecular formula is C18H20F2N2O2S. The fourth-order valence-corrected chi connectivity index (χ4v) is 4.64. The van der Waals surface area contributed by atoms with Gasteiger partial charge in [-0.25, -0.2) is 17.2 Å². The molecule has 0 spiro atoms. The van der Waals surface area contributed by atoms with Crippen LogP contribution >= 0.6 is 0 Å². The van der Waals surface area contributed by atoms with Gasteiger partial charge in [0.15, 0.2) is 4.90 Å². The Hall–Kier alpha value is -1.99. The predicted octanol–water partition coefficient (Wildman–Crippen LogP) is 3.09. The number of sulfonamides is 1. The van der Waals surface area contributed by atoms with Gasteiger partial charge in [-0.05, 0) is 43.2 Å². The monoisotopic (exact) mass is 366 g/mol. The molecular weight excluding hydrogens is 346 g/mol. The predicted molar refractivity (Wildman–Crippen MR) is 93.2 cm³/mol. The van der Waals surface area contributed by atoms with Crippen LogP contribution in [0.2, 0.25) is 0 Å². The van der Waals surface area contributed by atoms with Crippen molar-refractivity contribution in [1.82, 2.24) is 4.31 Å². The lowest BCUT2D eigenvalue weighted by molar-refractivity contribution is 0.378. The molecule has 134 valence electrons. The Kier molecular flexibility index (Phi) is 4.79. The molecule has 1 fully saturated rings. The molecule has 0 aromatic heterocycles. The second-order valence-electron chi connectivity index (χ2n) is 6.16. The second kappa shape index (κ2) is 6.72. The molecule has 0 amide bonds. The van der Waals surface area contributed by atoms with Gasteiger partial charge >= 0.3 is 0 Å². The molecule has 0 radical (unpaired) electrons. The molecule has 4 nitrogen and oxygen atoms in total. The van der Waals surface area contributed by atoms with E-state index in [1.54, 1.807) is 0 Å². The zero-order chi connectivity index (χ0) is 18.2. The fraction of sp³-hybridized carbons (Fsp3) is 0.333. The van der Waals surface area contributed by atoms with E-state index < -0.39 is 26.6 Å². The van der Waals surface area contributed by atoms with E-state index in [0.717, 1.165) is 33.8 Å². The third kappa shape index (κ3) is 3.26. The van der Waals surface area contributed by atoms with Crippen LogP contribution in [0.1, 0.15) is 11.1 Å². The molecule has 3 rings (SSSR count). The van der Waals surface area contributed by atoms with E-state index in [1.165, 1.54) is 5.56 Å². The van der Waals surface area contributed by atoms with Crippen LogP contribution in [0.25, 0.3) is 0 Å². The van der Waals surface area contributed by atoms with Gasteiger partial charge in [-0.2, -0.15) is 4.31 Å². The molecule has 1 aliphatic heterocycles. The molecule has 25 heavy (non-hydrogen) atoms. The van der Waals surface area contributed by atoms with Crippen LogP contribution in [0, 0.1) is 25.5 Å². The third-order valence-corrected chi connectivity index (χ3v) is 6.62. The summed E-state index contributed by atoms with van der Waals surface area (Å²) in [6.45, 7) is 5.37. The molecule has 1 aliphatic rings. The average molecular weight is 366 g/mol. The van der Waals surface area contributed by atoms with Crippen LogP contribution < -0.4 is 4.90 Å². The number of anilines is 1. The maximum Gasteiger partial charge on any atom is 0.249 e. The molecule has 0 unspecified atom stereocenters. The smallest absolute Gasteiger partial charge is 0.249 e. The van der Waals surface area contributed by atoms with Gasteiger partial charge in [0, 0.05) is 31.9 Å². The van der Waals surface area contributed by atoms with Gasteiger partial charge in [0.05, 0.1) is 0 Å². The Balaban J connectivity index is 1.81. The maximum atomic E-state index is 13.9. The van der Waals surface area contributed by atoms with Crippen molar-refractivity contribution < 1.29 is 17.2 Å². The molecule has 0 saturated carbocycles. The first-order valence-corrected chi connectivity index (χ1v) is 9.51. The largest absolute Gasteiger partial charge is 0.369 e. The average Bonchev–Trinajstić information content (AvgIpc) is 2.57. The van der Waals surface area contributed by atoms with E-state index in [1.807, 2.05) is 32.0 Å². The Bertz CT molecular complexity index is 872. The first-order chi connectivity index (χ1) is 11.8. The number of rotatable bonds is 3. The maximum absolute atomic E-state index is 13.9. The third-order valence-electron chi connectivity index (χ3n) is 4.67. The normalized spacial score (nSPS) is 16.2. The topological polar surface area (TPSA) is 40.6 Å². The lowest BCUT2D eigenvalue weighted by Crippen LogP contribution is -2.49. The van der Waals surface area contributed by atoms with Gasteiger partial charge < -0.3 is 4.90 Å². The van der Waals surface area contributed by atoms with Crippen molar-refractivity contribution >= 4 is 15.7 Å². The SMILES string of the molecule is Cc1cccc(N2CCN(S(=O)(=O)c3c(F)cccc3F)CC2)c1C. The van der Waals surface area contributed by atoms with Crippen molar-refractivity contribution in [1.29, 1.82) is 0 Å². The van der Waals surface area contributed by atoms with Crippen LogP contribution in [0.15, 0.2) is 41.3 Å². The minimum atomic E-state index is -4.19. The summed E-state index contributed by atoms with van der Waals surface area (Å²) in [5.74, 6) is -2.12. The first-order valence-electron chi connectivity index (χ1n) is 8.07. The summed E-state index contributed by atoms with van der Waals surface area (Å²) in [5, 5.41) is 0. The summed E-state index contributed by atoms with van der Waals surface area (Å²) in [5.41, 5.74) is 3.38. The van der Waals surface area contributed by atoms with Crippen molar-refractivity contribution in [3.8, 4) is 0 Å². The van der Waals surface area contributed by atoms with Gasteiger partial charge in [-0.1, -0.05) is 18.2 Å². The lowest BCUT2D eigenvalue weighted by atomic mass is 10.1. The fourth-order valence-electron chi connectivity index (χ4n) is 3.11. The summed E-state index contributed by atoms with van der Waals surface area (Å²) < 4.78 is 54.2. The Morgan fingerprint density at radius 3 is 2.04 bits per heavy atom. The zero-order valence-corrected chi connectivity index (χ0v) is 15.0. The summed E-state index contributed by atoms with van der Waals surface area (Å²) in [7, 11) is -4.19. The highest BCUT2D eigenvalue weighted by Gasteiger charge is 2.33. The quantitative estimate of drug-likeness (QED) is 0.838. The highest BCUT2D eigenvalue weighted by Crippen LogP contribution is 2.27. The molecule has 1 heterocycles. The summed E-state index contributed by atoms with van der Waals surface area (Å²) >= 11 is 0. The number of hydrogen-bond acceptors (Lipinski definition) is 3. The first kappa shape index (κ1) is 17.8. The molecule has 1 saturated heterocycles. The molecule has 7 heteroatoms. The van der Waals surface area contributed by atoms with Crippen molar-refractivity contribution in [3.05, 3.63) is 59.2 Å². The molecule has 0 bridgehead atoms. The van der Waals surface area contributed by atoms with Crippen molar-refractivity contribution in [2.75, 3.05) is 31.1 Å². The summed E-state index contributed by atoms with van der Waals surface area (Å²) in [6, 6.07) is 9.08. The van der Waals surface area contributed by atoms with E-state index in [0.29, 0.717) is 13.1 Å². The molecule has 2 aromatic carbocycles. The van der Waals surface area contributed by atoms with Gasteiger partial charge in [0.1, 0.15) is 11.6 Å². The van der Waals surface area contributed by atoms with Gasteiger partial charge in [-0.15, -0.1) is 0 Å². The Morgan fingerprint density at radius 2 is 1.44 bits per heavy atom. The van der Waals surface area contributed by atoms with Crippen LogP contribution in [-0.2, 0) is 10.0 Å². The number of halogens is 2. The number of benzene rings is 2. The van der Waals surface area contributed by atoms with Gasteiger partial charge in [0.2, 0.25) is 10.0 Å². The van der Waals surface area contributed by atoms with Crippen LogP contribution in [0.3, 0.4) is 0 Å². The number of piperazine rings is 1. The van der Waals surface area contributed by atoms with Crippen LogP contribution in [0.4, 0.5) is 14.5 Å². The van der Waals surface area contributed by atoms with E-state index >= 15 is 0 Å². The Labute approximate surface area is 146 Å². The van der Waals surface area contributed by atoms with E-state index in [-0.39, 0.29) is 13.1 Å². The summed E-state index contributed by atoms with van der Waals surface area (Å²) in [4.78, 5) is 1.24. The van der Waals surface area contributed by atoms with Crippen LogP contribution in [0.5, 0.6) is 0 Å². The van der Waals surface area contributed by atoms with Gasteiger partial charge in [0.25, 0.3) is 0 Å². The molecule has 0 N–H and O–H groups in total. The van der Waals surface area contributed by atoms with Crippen molar-refractivity contribution in [2.45, 2.75) is 18.7 Å². The molecule has 0 atom stereocenters. The van der Waals surface area contributed by atoms with Crippen molar-refractivity contribution in [2.24, 2.45) is 0 Å². The standard InChI is InChI=1S/C18H20F2N2O2S/c1-13-5-3-8-17(14(13)2)21-9-11-22(12-10-21)25(23,24)18-15(19)6-4-7-16(18)20/h3-8H,9-12H2,1-2H3. The molecule has 2 aromatic rings. The lowest BCUT2D eigenvalue weighted by Gasteiger charge is -2.36.